The summed E-state index contributed by atoms with van der Waals surface area (Å²) < 4.78 is 15.1. The summed E-state index contributed by atoms with van der Waals surface area (Å²) in [5.74, 6) is 1.06. The number of hydrogen-bond donors (Lipinski definition) is 2. The largest absolute Gasteiger partial charge is 0.494 e. The molecule has 1 aliphatic carbocycles. The van der Waals surface area contributed by atoms with Crippen LogP contribution in [-0.4, -0.2) is 45.1 Å². The lowest BCUT2D eigenvalue weighted by atomic mass is 9.99. The molecule has 2 N–H and O–H groups in total. The second kappa shape index (κ2) is 8.46. The van der Waals surface area contributed by atoms with E-state index in [4.69, 9.17) is 20.6 Å². The first-order valence-corrected chi connectivity index (χ1v) is 6.20. The van der Waals surface area contributed by atoms with E-state index in [1.54, 1.807) is 7.11 Å². The standard InChI is InChI=1S/C14H21NO4/c1-4-19-7-5-6-15-10-11-8-12(16)14(18-3)13(9-11)17-2/h1,9,12,15-16H,5-8,10H2,2-3H3. The van der Waals surface area contributed by atoms with E-state index >= 15 is 0 Å². The van der Waals surface area contributed by atoms with Gasteiger partial charge in [0.1, 0.15) is 18.8 Å². The summed E-state index contributed by atoms with van der Waals surface area (Å²) in [6, 6.07) is 0. The molecule has 1 aliphatic rings. The second-order valence-electron chi connectivity index (χ2n) is 4.16. The third-order valence-corrected chi connectivity index (χ3v) is 2.81. The summed E-state index contributed by atoms with van der Waals surface area (Å²) in [5.41, 5.74) is 1.07. The average Bonchev–Trinajstić information content (AvgIpc) is 2.42. The second-order valence-corrected chi connectivity index (χ2v) is 4.16. The SMILES string of the molecule is C#COCCCNCC1=CC(OC)=C(OC)C(O)C1. The van der Waals surface area contributed by atoms with Crippen LogP contribution in [0.2, 0.25) is 0 Å². The molecule has 19 heavy (non-hydrogen) atoms. The highest BCUT2D eigenvalue weighted by atomic mass is 16.5. The van der Waals surface area contributed by atoms with Crippen molar-refractivity contribution >= 4 is 0 Å². The lowest BCUT2D eigenvalue weighted by molar-refractivity contribution is 0.106. The molecule has 0 aromatic heterocycles. The van der Waals surface area contributed by atoms with Crippen molar-refractivity contribution < 1.29 is 19.3 Å². The van der Waals surface area contributed by atoms with Gasteiger partial charge in [-0.25, -0.2) is 0 Å². The van der Waals surface area contributed by atoms with Crippen LogP contribution in [0, 0.1) is 12.5 Å². The van der Waals surface area contributed by atoms with Gasteiger partial charge in [0.25, 0.3) is 0 Å². The van der Waals surface area contributed by atoms with Gasteiger partial charge >= 0.3 is 0 Å². The van der Waals surface area contributed by atoms with Gasteiger partial charge in [-0.2, -0.15) is 0 Å². The first-order chi connectivity index (χ1) is 9.22. The van der Waals surface area contributed by atoms with Crippen LogP contribution < -0.4 is 5.32 Å². The summed E-state index contributed by atoms with van der Waals surface area (Å²) in [4.78, 5) is 0. The maximum Gasteiger partial charge on any atom is 0.166 e. The highest BCUT2D eigenvalue weighted by molar-refractivity contribution is 5.30. The van der Waals surface area contributed by atoms with E-state index in [0.29, 0.717) is 31.1 Å². The van der Waals surface area contributed by atoms with Gasteiger partial charge in [0.2, 0.25) is 0 Å². The number of terminal acetylenes is 1. The Kier molecular flexibility index (Phi) is 6.86. The Balaban J connectivity index is 2.41. The van der Waals surface area contributed by atoms with Crippen molar-refractivity contribution in [3.63, 3.8) is 0 Å². The molecule has 1 atom stereocenters. The smallest absolute Gasteiger partial charge is 0.166 e. The predicted molar refractivity (Wildman–Crippen MR) is 72.0 cm³/mol. The minimum atomic E-state index is -0.647. The van der Waals surface area contributed by atoms with Crippen molar-refractivity contribution in [2.75, 3.05) is 33.9 Å². The molecule has 0 radical (unpaired) electrons. The van der Waals surface area contributed by atoms with Gasteiger partial charge in [-0.1, -0.05) is 6.42 Å². The van der Waals surface area contributed by atoms with E-state index in [1.165, 1.54) is 7.11 Å². The number of ether oxygens (including phenoxy) is 3. The van der Waals surface area contributed by atoms with Crippen molar-refractivity contribution in [3.8, 4) is 12.5 Å². The summed E-state index contributed by atoms with van der Waals surface area (Å²) in [6.07, 6.45) is 9.74. The first-order valence-electron chi connectivity index (χ1n) is 6.20. The van der Waals surface area contributed by atoms with Gasteiger partial charge in [0.05, 0.1) is 14.2 Å². The number of nitrogens with one attached hydrogen (secondary N) is 1. The van der Waals surface area contributed by atoms with E-state index in [9.17, 15) is 5.11 Å². The lowest BCUT2D eigenvalue weighted by Gasteiger charge is -2.23. The van der Waals surface area contributed by atoms with Crippen LogP contribution in [0.3, 0.4) is 0 Å². The van der Waals surface area contributed by atoms with Crippen LogP contribution in [0.15, 0.2) is 23.2 Å². The van der Waals surface area contributed by atoms with Crippen molar-refractivity contribution in [2.24, 2.45) is 0 Å². The topological polar surface area (TPSA) is 60.0 Å². The first kappa shape index (κ1) is 15.4. The quantitative estimate of drug-likeness (QED) is 0.502. The molecule has 0 fully saturated rings. The fourth-order valence-electron chi connectivity index (χ4n) is 1.92. The van der Waals surface area contributed by atoms with Gasteiger partial charge in [0, 0.05) is 13.0 Å². The van der Waals surface area contributed by atoms with Crippen molar-refractivity contribution in [1.29, 1.82) is 0 Å². The van der Waals surface area contributed by atoms with Crippen LogP contribution in [-0.2, 0) is 14.2 Å². The van der Waals surface area contributed by atoms with Crippen LogP contribution in [0.5, 0.6) is 0 Å². The number of allylic oxidation sites excluding steroid dienone is 1. The maximum absolute atomic E-state index is 9.94. The summed E-state index contributed by atoms with van der Waals surface area (Å²) in [7, 11) is 3.09. The molecule has 0 saturated heterocycles. The molecule has 1 rings (SSSR count). The van der Waals surface area contributed by atoms with E-state index in [-0.39, 0.29) is 0 Å². The zero-order valence-electron chi connectivity index (χ0n) is 11.4. The van der Waals surface area contributed by atoms with Gasteiger partial charge in [-0.15, -0.1) is 0 Å². The molecule has 0 spiro atoms. The highest BCUT2D eigenvalue weighted by Crippen LogP contribution is 2.25. The minimum Gasteiger partial charge on any atom is -0.494 e. The molecule has 106 valence electrons. The zero-order valence-corrected chi connectivity index (χ0v) is 11.4. The molecule has 0 saturated carbocycles. The third-order valence-electron chi connectivity index (χ3n) is 2.81. The van der Waals surface area contributed by atoms with Crippen molar-refractivity contribution in [1.82, 2.24) is 5.32 Å². The molecule has 0 aliphatic heterocycles. The number of rotatable bonds is 8. The normalized spacial score (nSPS) is 18.6. The predicted octanol–water partition coefficient (Wildman–Crippen LogP) is 0.769. The monoisotopic (exact) mass is 267 g/mol. The molecule has 0 amide bonds. The molecule has 0 bridgehead atoms. The third kappa shape index (κ3) is 4.86. The highest BCUT2D eigenvalue weighted by Gasteiger charge is 2.23. The number of methoxy groups -OCH3 is 2. The summed E-state index contributed by atoms with van der Waals surface area (Å²) in [5, 5.41) is 13.2. The molecule has 0 heterocycles. The van der Waals surface area contributed by atoms with Gasteiger partial charge in [0.15, 0.2) is 11.5 Å². The molecule has 0 aromatic carbocycles. The Hall–Kier alpha value is -1.64. The average molecular weight is 267 g/mol. The van der Waals surface area contributed by atoms with E-state index in [0.717, 1.165) is 18.5 Å². The Morgan fingerprint density at radius 2 is 2.26 bits per heavy atom. The van der Waals surface area contributed by atoms with Crippen molar-refractivity contribution in [3.05, 3.63) is 23.2 Å². The summed E-state index contributed by atoms with van der Waals surface area (Å²) >= 11 is 0. The minimum absolute atomic E-state index is 0.480. The zero-order chi connectivity index (χ0) is 14.1. The Morgan fingerprint density at radius 1 is 1.47 bits per heavy atom. The summed E-state index contributed by atoms with van der Waals surface area (Å²) in [6.45, 7) is 2.04. The van der Waals surface area contributed by atoms with Gasteiger partial charge in [-0.3, -0.25) is 0 Å². The van der Waals surface area contributed by atoms with E-state index in [2.05, 4.69) is 11.4 Å². The number of hydrogen-bond acceptors (Lipinski definition) is 5. The number of aliphatic hydroxyl groups is 1. The molecular formula is C14H21NO4. The lowest BCUT2D eigenvalue weighted by Crippen LogP contribution is -2.26. The van der Waals surface area contributed by atoms with Crippen LogP contribution >= 0.6 is 0 Å². The van der Waals surface area contributed by atoms with Crippen LogP contribution in [0.25, 0.3) is 0 Å². The fourth-order valence-corrected chi connectivity index (χ4v) is 1.92. The van der Waals surface area contributed by atoms with Crippen LogP contribution in [0.1, 0.15) is 12.8 Å². The Morgan fingerprint density at radius 3 is 2.89 bits per heavy atom. The van der Waals surface area contributed by atoms with E-state index in [1.807, 2.05) is 6.08 Å². The van der Waals surface area contributed by atoms with E-state index < -0.39 is 6.10 Å². The molecule has 1 unspecified atom stereocenters. The van der Waals surface area contributed by atoms with Crippen molar-refractivity contribution in [2.45, 2.75) is 18.9 Å². The Bertz CT molecular complexity index is 381. The number of aliphatic hydroxyl groups excluding tert-OH is 1. The van der Waals surface area contributed by atoms with Gasteiger partial charge < -0.3 is 24.6 Å². The molecular weight excluding hydrogens is 246 g/mol. The Labute approximate surface area is 114 Å². The molecule has 5 nitrogen and oxygen atoms in total. The maximum atomic E-state index is 9.94. The molecule has 5 heteroatoms. The molecule has 0 aromatic rings. The fraction of sp³-hybridized carbons (Fsp3) is 0.571. The van der Waals surface area contributed by atoms with Gasteiger partial charge in [-0.05, 0) is 24.6 Å². The van der Waals surface area contributed by atoms with Crippen LogP contribution in [0.4, 0.5) is 0 Å².